The van der Waals surface area contributed by atoms with Crippen molar-refractivity contribution in [3.63, 3.8) is 0 Å². The van der Waals surface area contributed by atoms with Gasteiger partial charge in [-0.3, -0.25) is 14.9 Å². The number of aromatic nitrogens is 1. The van der Waals surface area contributed by atoms with Crippen LogP contribution in [0.25, 0.3) is 10.9 Å². The number of nitro groups is 1. The Bertz CT molecular complexity index is 1430. The molecule has 1 amide bonds. The average molecular weight is 441 g/mol. The second-order valence-corrected chi connectivity index (χ2v) is 7.14. The van der Waals surface area contributed by atoms with Gasteiger partial charge in [-0.15, -0.1) is 0 Å². The van der Waals surface area contributed by atoms with Crippen LogP contribution >= 0.6 is 0 Å². The van der Waals surface area contributed by atoms with E-state index in [0.29, 0.717) is 29.0 Å². The Morgan fingerprint density at radius 2 is 1.91 bits per heavy atom. The number of nitrogens with zero attached hydrogens (tertiary/aromatic N) is 3. The summed E-state index contributed by atoms with van der Waals surface area (Å²) in [4.78, 5) is 27.3. The number of anilines is 2. The smallest absolute Gasteiger partial charge is 0.270 e. The summed E-state index contributed by atoms with van der Waals surface area (Å²) >= 11 is 0. The van der Waals surface area contributed by atoms with E-state index < -0.39 is 16.6 Å². The van der Waals surface area contributed by atoms with Gasteiger partial charge in [0.25, 0.3) is 11.6 Å². The van der Waals surface area contributed by atoms with Crippen LogP contribution in [0.15, 0.2) is 72.8 Å². The van der Waals surface area contributed by atoms with Crippen LogP contribution in [0.3, 0.4) is 0 Å². The molecule has 0 bridgehead atoms. The molecular weight excluding hydrogens is 425 g/mol. The van der Waals surface area contributed by atoms with Gasteiger partial charge in [0.2, 0.25) is 0 Å². The van der Waals surface area contributed by atoms with Crippen LogP contribution in [-0.2, 0) is 6.54 Å². The molecule has 162 valence electrons. The van der Waals surface area contributed by atoms with Crippen LogP contribution in [0.1, 0.15) is 21.5 Å². The van der Waals surface area contributed by atoms with Gasteiger partial charge in [-0.2, -0.15) is 5.26 Å². The molecule has 2 N–H and O–H groups in total. The summed E-state index contributed by atoms with van der Waals surface area (Å²) in [6.07, 6.45) is 0. The number of benzene rings is 3. The van der Waals surface area contributed by atoms with Crippen LogP contribution in [0, 0.1) is 27.3 Å². The zero-order chi connectivity index (χ0) is 23.4. The number of hydrogen-bond donors (Lipinski definition) is 2. The molecule has 8 nitrogen and oxygen atoms in total. The number of pyridine rings is 1. The molecule has 4 aromatic rings. The van der Waals surface area contributed by atoms with Crippen molar-refractivity contribution in [3.8, 4) is 6.07 Å². The number of halogens is 1. The van der Waals surface area contributed by atoms with Crippen LogP contribution in [0.2, 0.25) is 0 Å². The van der Waals surface area contributed by atoms with Gasteiger partial charge in [-0.25, -0.2) is 9.37 Å². The number of hydrogen-bond acceptors (Lipinski definition) is 6. The Morgan fingerprint density at radius 1 is 1.09 bits per heavy atom. The molecule has 0 atom stereocenters. The fourth-order valence-electron chi connectivity index (χ4n) is 3.30. The molecule has 3 aromatic carbocycles. The molecule has 1 heterocycles. The van der Waals surface area contributed by atoms with Crippen molar-refractivity contribution in [3.05, 3.63) is 105 Å². The molecule has 0 aliphatic heterocycles. The normalized spacial score (nSPS) is 10.4. The molecule has 0 aliphatic rings. The van der Waals surface area contributed by atoms with Gasteiger partial charge in [0.1, 0.15) is 11.6 Å². The number of nitro benzene ring substituents is 1. The number of amides is 1. The van der Waals surface area contributed by atoms with E-state index in [1.54, 1.807) is 18.2 Å². The van der Waals surface area contributed by atoms with Crippen LogP contribution in [-0.4, -0.2) is 15.8 Å². The van der Waals surface area contributed by atoms with E-state index in [0.717, 1.165) is 11.6 Å². The van der Waals surface area contributed by atoms with E-state index in [-0.39, 0.29) is 16.8 Å². The first kappa shape index (κ1) is 21.4. The summed E-state index contributed by atoms with van der Waals surface area (Å²) in [5.74, 6) is -0.486. The maximum absolute atomic E-state index is 13.4. The first-order chi connectivity index (χ1) is 15.9. The summed E-state index contributed by atoms with van der Waals surface area (Å²) in [5.41, 5.74) is 2.19. The average Bonchev–Trinajstić information content (AvgIpc) is 2.82. The predicted molar refractivity (Wildman–Crippen MR) is 121 cm³/mol. The first-order valence-electron chi connectivity index (χ1n) is 9.82. The molecule has 0 saturated carbocycles. The molecule has 0 fully saturated rings. The highest BCUT2D eigenvalue weighted by atomic mass is 19.1. The van der Waals surface area contributed by atoms with E-state index in [4.69, 9.17) is 0 Å². The topological polar surface area (TPSA) is 121 Å². The molecule has 1 aromatic heterocycles. The van der Waals surface area contributed by atoms with Crippen LogP contribution in [0.5, 0.6) is 0 Å². The summed E-state index contributed by atoms with van der Waals surface area (Å²) in [5, 5.41) is 26.7. The third-order valence-electron chi connectivity index (χ3n) is 4.87. The maximum atomic E-state index is 13.4. The third kappa shape index (κ3) is 4.91. The van der Waals surface area contributed by atoms with E-state index in [1.807, 2.05) is 12.1 Å². The second-order valence-electron chi connectivity index (χ2n) is 7.14. The minimum atomic E-state index is -0.521. The second kappa shape index (κ2) is 9.11. The van der Waals surface area contributed by atoms with Crippen molar-refractivity contribution in [1.29, 1.82) is 5.26 Å². The molecule has 0 unspecified atom stereocenters. The molecule has 33 heavy (non-hydrogen) atoms. The van der Waals surface area contributed by atoms with Gasteiger partial charge in [0.05, 0.1) is 22.1 Å². The Labute approximate surface area is 187 Å². The molecular formula is C24H16FN5O3. The lowest BCUT2D eigenvalue weighted by Crippen LogP contribution is -2.12. The van der Waals surface area contributed by atoms with Crippen molar-refractivity contribution >= 4 is 34.0 Å². The largest absolute Gasteiger partial charge is 0.366 e. The SMILES string of the molecule is N#Cc1cc(NCc2cccc(NC(=O)c3cccc(F)c3)c2)nc2ccc([N+](=O)[O-])cc12. The third-order valence-corrected chi connectivity index (χ3v) is 4.87. The van der Waals surface area contributed by atoms with Crippen molar-refractivity contribution in [2.45, 2.75) is 6.54 Å². The number of non-ortho nitro benzene ring substituents is 1. The minimum Gasteiger partial charge on any atom is -0.366 e. The first-order valence-corrected chi connectivity index (χ1v) is 9.82. The van der Waals surface area contributed by atoms with Crippen LogP contribution in [0.4, 0.5) is 21.6 Å². The Balaban J connectivity index is 1.50. The van der Waals surface area contributed by atoms with Gasteiger partial charge in [-0.1, -0.05) is 18.2 Å². The molecule has 0 radical (unpaired) electrons. The Kier molecular flexibility index (Phi) is 5.91. The number of fused-ring (bicyclic) bond motifs is 1. The van der Waals surface area contributed by atoms with Gasteiger partial charge in [0, 0.05) is 35.3 Å². The lowest BCUT2D eigenvalue weighted by Gasteiger charge is -2.10. The van der Waals surface area contributed by atoms with Gasteiger partial charge in [0.15, 0.2) is 0 Å². The summed E-state index contributed by atoms with van der Waals surface area (Å²) in [6, 6.07) is 20.3. The quantitative estimate of drug-likeness (QED) is 0.320. The molecule has 0 saturated heterocycles. The zero-order valence-electron chi connectivity index (χ0n) is 17.1. The highest BCUT2D eigenvalue weighted by Crippen LogP contribution is 2.25. The van der Waals surface area contributed by atoms with E-state index in [9.17, 15) is 24.6 Å². The Morgan fingerprint density at radius 3 is 2.67 bits per heavy atom. The molecule has 9 heteroatoms. The number of nitriles is 1. The lowest BCUT2D eigenvalue weighted by atomic mass is 10.1. The lowest BCUT2D eigenvalue weighted by molar-refractivity contribution is -0.384. The van der Waals surface area contributed by atoms with Gasteiger partial charge < -0.3 is 10.6 Å². The highest BCUT2D eigenvalue weighted by Gasteiger charge is 2.12. The zero-order valence-corrected chi connectivity index (χ0v) is 17.1. The van der Waals surface area contributed by atoms with Crippen molar-refractivity contribution in [2.24, 2.45) is 0 Å². The van der Waals surface area contributed by atoms with Gasteiger partial charge in [-0.05, 0) is 48.0 Å². The highest BCUT2D eigenvalue weighted by molar-refractivity contribution is 6.04. The van der Waals surface area contributed by atoms with Crippen molar-refractivity contribution in [1.82, 2.24) is 4.98 Å². The Hall–Kier alpha value is -4.84. The number of carbonyl (C=O) groups excluding carboxylic acids is 1. The fraction of sp³-hybridized carbons (Fsp3) is 0.0417. The van der Waals surface area contributed by atoms with Gasteiger partial charge >= 0.3 is 0 Å². The van der Waals surface area contributed by atoms with E-state index in [1.165, 1.54) is 42.5 Å². The van der Waals surface area contributed by atoms with E-state index in [2.05, 4.69) is 15.6 Å². The summed E-state index contributed by atoms with van der Waals surface area (Å²) in [7, 11) is 0. The summed E-state index contributed by atoms with van der Waals surface area (Å²) in [6.45, 7) is 0.347. The number of nitrogens with one attached hydrogen (secondary N) is 2. The maximum Gasteiger partial charge on any atom is 0.270 e. The molecule has 0 spiro atoms. The minimum absolute atomic E-state index is 0.112. The number of carbonyl (C=O) groups is 1. The molecule has 0 aliphatic carbocycles. The predicted octanol–water partition coefficient (Wildman–Crippen LogP) is 5.02. The van der Waals surface area contributed by atoms with E-state index >= 15 is 0 Å². The van der Waals surface area contributed by atoms with Crippen molar-refractivity contribution in [2.75, 3.05) is 10.6 Å². The molecule has 4 rings (SSSR count). The van der Waals surface area contributed by atoms with Crippen molar-refractivity contribution < 1.29 is 14.1 Å². The number of rotatable bonds is 6. The summed E-state index contributed by atoms with van der Waals surface area (Å²) < 4.78 is 13.4. The fourth-order valence-corrected chi connectivity index (χ4v) is 3.30. The van der Waals surface area contributed by atoms with Crippen LogP contribution < -0.4 is 10.6 Å². The standard InChI is InChI=1S/C24H16FN5O3/c25-18-5-2-4-16(10-18)24(31)28-19-6-1-3-15(9-19)14-27-23-11-17(13-26)21-12-20(30(32)33)7-8-22(21)29-23/h1-12H,14H2,(H,27,29)(H,28,31). The monoisotopic (exact) mass is 441 g/mol.